The van der Waals surface area contributed by atoms with Gasteiger partial charge in [-0.3, -0.25) is 9.00 Å². The van der Waals surface area contributed by atoms with E-state index in [1.165, 1.54) is 11.3 Å². The number of benzene rings is 1. The van der Waals surface area contributed by atoms with Gasteiger partial charge in [0.05, 0.1) is 10.6 Å². The van der Waals surface area contributed by atoms with Crippen LogP contribution in [0, 0.1) is 0 Å². The molecule has 1 unspecified atom stereocenters. The summed E-state index contributed by atoms with van der Waals surface area (Å²) in [6.07, 6.45) is 0. The minimum atomic E-state index is -0.885. The zero-order valence-corrected chi connectivity index (χ0v) is 11.7. The largest absolute Gasteiger partial charge is 0.288 e. The Labute approximate surface area is 113 Å². The molecule has 0 aliphatic carbocycles. The quantitative estimate of drug-likeness (QED) is 0.787. The first kappa shape index (κ1) is 13.2. The van der Waals surface area contributed by atoms with E-state index in [2.05, 4.69) is 0 Å². The normalized spacial score (nSPS) is 12.3. The molecule has 0 amide bonds. The monoisotopic (exact) mass is 278 g/mol. The van der Waals surface area contributed by atoms with Gasteiger partial charge in [-0.15, -0.1) is 11.3 Å². The second kappa shape index (κ2) is 6.07. The first-order valence-electron chi connectivity index (χ1n) is 5.73. The highest BCUT2D eigenvalue weighted by molar-refractivity contribution is 7.84. The predicted molar refractivity (Wildman–Crippen MR) is 76.6 cm³/mol. The lowest BCUT2D eigenvalue weighted by Crippen LogP contribution is -2.04. The number of rotatable bonds is 5. The lowest BCUT2D eigenvalue weighted by Gasteiger charge is -2.02. The third kappa shape index (κ3) is 2.94. The first-order valence-corrected chi connectivity index (χ1v) is 8.10. The van der Waals surface area contributed by atoms with Gasteiger partial charge in [-0.05, 0) is 17.0 Å². The van der Waals surface area contributed by atoms with Crippen LogP contribution >= 0.6 is 11.3 Å². The Morgan fingerprint density at radius 2 is 1.94 bits per heavy atom. The van der Waals surface area contributed by atoms with E-state index < -0.39 is 10.8 Å². The SMILES string of the molecule is CCS(=O)Cc1ccsc1C(=O)c1ccccc1. The summed E-state index contributed by atoms with van der Waals surface area (Å²) in [6, 6.07) is 11.1. The van der Waals surface area contributed by atoms with E-state index in [4.69, 9.17) is 0 Å². The average molecular weight is 278 g/mol. The summed E-state index contributed by atoms with van der Waals surface area (Å²) >= 11 is 1.42. The average Bonchev–Trinajstić information content (AvgIpc) is 2.86. The maximum Gasteiger partial charge on any atom is 0.203 e. The van der Waals surface area contributed by atoms with Gasteiger partial charge < -0.3 is 0 Å². The van der Waals surface area contributed by atoms with Crippen LogP contribution in [0.2, 0.25) is 0 Å². The van der Waals surface area contributed by atoms with Crippen molar-refractivity contribution in [1.29, 1.82) is 0 Å². The fourth-order valence-electron chi connectivity index (χ4n) is 1.64. The van der Waals surface area contributed by atoms with E-state index in [1.54, 1.807) is 0 Å². The van der Waals surface area contributed by atoms with Crippen LogP contribution in [0.15, 0.2) is 41.8 Å². The smallest absolute Gasteiger partial charge is 0.203 e. The van der Waals surface area contributed by atoms with Crippen molar-refractivity contribution in [2.24, 2.45) is 0 Å². The Kier molecular flexibility index (Phi) is 4.44. The van der Waals surface area contributed by atoms with E-state index in [0.29, 0.717) is 21.9 Å². The molecule has 1 heterocycles. The van der Waals surface area contributed by atoms with Gasteiger partial charge in [-0.2, -0.15) is 0 Å². The fraction of sp³-hybridized carbons (Fsp3) is 0.214. The third-order valence-electron chi connectivity index (χ3n) is 2.63. The second-order valence-corrected chi connectivity index (χ2v) is 6.50. The molecule has 4 heteroatoms. The van der Waals surface area contributed by atoms with Gasteiger partial charge in [-0.1, -0.05) is 37.3 Å². The molecule has 1 atom stereocenters. The van der Waals surface area contributed by atoms with Gasteiger partial charge in [-0.25, -0.2) is 0 Å². The highest BCUT2D eigenvalue weighted by atomic mass is 32.2. The van der Waals surface area contributed by atoms with Crippen molar-refractivity contribution in [2.75, 3.05) is 5.75 Å². The van der Waals surface area contributed by atoms with Gasteiger partial charge >= 0.3 is 0 Å². The molecule has 0 saturated carbocycles. The van der Waals surface area contributed by atoms with Crippen molar-refractivity contribution >= 4 is 27.9 Å². The Morgan fingerprint density at radius 3 is 2.61 bits per heavy atom. The van der Waals surface area contributed by atoms with Gasteiger partial charge in [0.15, 0.2) is 0 Å². The van der Waals surface area contributed by atoms with E-state index in [-0.39, 0.29) is 5.78 Å². The predicted octanol–water partition coefficient (Wildman–Crippen LogP) is 3.25. The molecule has 94 valence electrons. The number of ketones is 1. The molecule has 2 rings (SSSR count). The molecular formula is C14H14O2S2. The molecule has 0 bridgehead atoms. The first-order chi connectivity index (χ1) is 8.72. The van der Waals surface area contributed by atoms with Crippen LogP contribution in [0.25, 0.3) is 0 Å². The Bertz CT molecular complexity index is 558. The fourth-order valence-corrected chi connectivity index (χ4v) is 3.41. The van der Waals surface area contributed by atoms with Crippen molar-refractivity contribution in [3.8, 4) is 0 Å². The lowest BCUT2D eigenvalue weighted by atomic mass is 10.1. The van der Waals surface area contributed by atoms with E-state index >= 15 is 0 Å². The number of hydrogen-bond acceptors (Lipinski definition) is 3. The number of carbonyl (C=O) groups excluding carboxylic acids is 1. The van der Waals surface area contributed by atoms with E-state index in [0.717, 1.165) is 5.56 Å². The van der Waals surface area contributed by atoms with Crippen LogP contribution in [0.3, 0.4) is 0 Å². The molecule has 0 aliphatic heterocycles. The molecule has 0 fully saturated rings. The third-order valence-corrected chi connectivity index (χ3v) is 4.86. The van der Waals surface area contributed by atoms with Crippen molar-refractivity contribution in [2.45, 2.75) is 12.7 Å². The van der Waals surface area contributed by atoms with Crippen LogP contribution in [0.4, 0.5) is 0 Å². The number of carbonyl (C=O) groups is 1. The molecule has 2 nitrogen and oxygen atoms in total. The summed E-state index contributed by atoms with van der Waals surface area (Å²) in [7, 11) is -0.885. The second-order valence-electron chi connectivity index (χ2n) is 3.84. The number of hydrogen-bond donors (Lipinski definition) is 0. The summed E-state index contributed by atoms with van der Waals surface area (Å²) in [6.45, 7) is 1.89. The lowest BCUT2D eigenvalue weighted by molar-refractivity contribution is 0.104. The molecule has 2 aromatic rings. The summed E-state index contributed by atoms with van der Waals surface area (Å²) in [4.78, 5) is 13.0. The van der Waals surface area contributed by atoms with Gasteiger partial charge in [0.1, 0.15) is 0 Å². The zero-order valence-electron chi connectivity index (χ0n) is 10.1. The number of thiophene rings is 1. The van der Waals surface area contributed by atoms with Gasteiger partial charge in [0.25, 0.3) is 0 Å². The van der Waals surface area contributed by atoms with Crippen LogP contribution in [0.1, 0.15) is 27.7 Å². The summed E-state index contributed by atoms with van der Waals surface area (Å²) in [5, 5.41) is 1.89. The van der Waals surface area contributed by atoms with E-state index in [1.807, 2.05) is 48.7 Å². The summed E-state index contributed by atoms with van der Waals surface area (Å²) in [5.41, 5.74) is 1.58. The topological polar surface area (TPSA) is 34.1 Å². The minimum absolute atomic E-state index is 0.0219. The van der Waals surface area contributed by atoms with E-state index in [9.17, 15) is 9.00 Å². The molecule has 1 aromatic carbocycles. The van der Waals surface area contributed by atoms with Gasteiger partial charge in [0, 0.05) is 22.1 Å². The molecule has 0 aliphatic rings. The molecule has 0 spiro atoms. The molecule has 18 heavy (non-hydrogen) atoms. The van der Waals surface area contributed by atoms with Crippen LogP contribution in [-0.2, 0) is 16.6 Å². The van der Waals surface area contributed by atoms with Crippen LogP contribution in [-0.4, -0.2) is 15.7 Å². The Morgan fingerprint density at radius 1 is 1.22 bits per heavy atom. The zero-order chi connectivity index (χ0) is 13.0. The van der Waals surface area contributed by atoms with Crippen LogP contribution < -0.4 is 0 Å². The highest BCUT2D eigenvalue weighted by Crippen LogP contribution is 2.22. The molecule has 0 saturated heterocycles. The molecular weight excluding hydrogens is 264 g/mol. The minimum Gasteiger partial charge on any atom is -0.288 e. The summed E-state index contributed by atoms with van der Waals surface area (Å²) < 4.78 is 11.6. The maximum absolute atomic E-state index is 12.3. The Hall–Kier alpha value is -1.26. The summed E-state index contributed by atoms with van der Waals surface area (Å²) in [5.74, 6) is 1.11. The molecule has 1 aromatic heterocycles. The standard InChI is InChI=1S/C14H14O2S2/c1-2-18(16)10-12-8-9-17-14(12)13(15)11-6-4-3-5-7-11/h3-9H,2,10H2,1H3. The van der Waals surface area contributed by atoms with Gasteiger partial charge in [0.2, 0.25) is 5.78 Å². The molecule has 0 N–H and O–H groups in total. The van der Waals surface area contributed by atoms with Crippen LogP contribution in [0.5, 0.6) is 0 Å². The van der Waals surface area contributed by atoms with Crippen molar-refractivity contribution in [3.63, 3.8) is 0 Å². The maximum atomic E-state index is 12.3. The molecule has 0 radical (unpaired) electrons. The highest BCUT2D eigenvalue weighted by Gasteiger charge is 2.16. The Balaban J connectivity index is 2.27. The van der Waals surface area contributed by atoms with Crippen molar-refractivity contribution in [1.82, 2.24) is 0 Å². The van der Waals surface area contributed by atoms with Crippen molar-refractivity contribution < 1.29 is 9.00 Å². The van der Waals surface area contributed by atoms with Crippen molar-refractivity contribution in [3.05, 3.63) is 57.8 Å².